The highest BCUT2D eigenvalue weighted by Crippen LogP contribution is 2.20. The molecule has 5 heteroatoms. The second-order valence-electron chi connectivity index (χ2n) is 4.70. The molecule has 0 aromatic heterocycles. The lowest BCUT2D eigenvalue weighted by Crippen LogP contribution is -2.28. The van der Waals surface area contributed by atoms with Crippen molar-refractivity contribution in [3.8, 4) is 0 Å². The normalized spacial score (nSPS) is 11.1. The summed E-state index contributed by atoms with van der Waals surface area (Å²) in [6, 6.07) is 3.26. The minimum Gasteiger partial charge on any atom is -0.478 e. The van der Waals surface area contributed by atoms with Gasteiger partial charge >= 0.3 is 5.97 Å². The predicted octanol–water partition coefficient (Wildman–Crippen LogP) is 2.51. The Morgan fingerprint density at radius 3 is 2.35 bits per heavy atom. The zero-order valence-corrected chi connectivity index (χ0v) is 9.87. The van der Waals surface area contributed by atoms with Crippen molar-refractivity contribution in [2.45, 2.75) is 20.8 Å². The van der Waals surface area contributed by atoms with Gasteiger partial charge in [-0.3, -0.25) is 4.79 Å². The molecule has 1 rings (SSSR count). The smallest absolute Gasteiger partial charge is 0.335 e. The van der Waals surface area contributed by atoms with Gasteiger partial charge < -0.3 is 10.4 Å². The number of hydrogen-bond acceptors (Lipinski definition) is 2. The molecule has 0 fully saturated rings. The molecular formula is C12H14FNO3. The number of amides is 1. The summed E-state index contributed by atoms with van der Waals surface area (Å²) in [7, 11) is 0. The predicted molar refractivity (Wildman–Crippen MR) is 61.4 cm³/mol. The van der Waals surface area contributed by atoms with Gasteiger partial charge in [0, 0.05) is 5.41 Å². The van der Waals surface area contributed by atoms with Gasteiger partial charge in [0.05, 0.1) is 11.3 Å². The second-order valence-corrected chi connectivity index (χ2v) is 4.70. The topological polar surface area (TPSA) is 66.4 Å². The van der Waals surface area contributed by atoms with Gasteiger partial charge in [-0.2, -0.15) is 0 Å². The molecule has 1 aromatic carbocycles. The molecule has 0 radical (unpaired) electrons. The van der Waals surface area contributed by atoms with Crippen molar-refractivity contribution >= 4 is 17.6 Å². The quantitative estimate of drug-likeness (QED) is 0.833. The van der Waals surface area contributed by atoms with Crippen molar-refractivity contribution in [1.82, 2.24) is 0 Å². The molecule has 0 saturated carbocycles. The Bertz CT molecular complexity index is 463. The van der Waals surface area contributed by atoms with Gasteiger partial charge in [0.25, 0.3) is 0 Å². The summed E-state index contributed by atoms with van der Waals surface area (Å²) in [5.41, 5.74) is -0.869. The van der Waals surface area contributed by atoms with E-state index in [0.29, 0.717) is 0 Å². The average molecular weight is 239 g/mol. The molecule has 1 amide bonds. The molecule has 17 heavy (non-hydrogen) atoms. The number of anilines is 1. The Morgan fingerprint density at radius 2 is 1.88 bits per heavy atom. The van der Waals surface area contributed by atoms with E-state index in [-0.39, 0.29) is 17.2 Å². The van der Waals surface area contributed by atoms with E-state index < -0.39 is 17.2 Å². The van der Waals surface area contributed by atoms with Crippen LogP contribution >= 0.6 is 0 Å². The summed E-state index contributed by atoms with van der Waals surface area (Å²) < 4.78 is 13.4. The van der Waals surface area contributed by atoms with Gasteiger partial charge in [0.2, 0.25) is 5.91 Å². The molecule has 0 aliphatic heterocycles. The lowest BCUT2D eigenvalue weighted by molar-refractivity contribution is -0.123. The minimum absolute atomic E-state index is 0.0735. The Balaban J connectivity index is 3.02. The third-order valence-corrected chi connectivity index (χ3v) is 2.14. The van der Waals surface area contributed by atoms with Crippen LogP contribution in [0.4, 0.5) is 10.1 Å². The van der Waals surface area contributed by atoms with E-state index in [1.54, 1.807) is 20.8 Å². The Morgan fingerprint density at radius 1 is 1.29 bits per heavy atom. The summed E-state index contributed by atoms with van der Waals surface area (Å²) in [6.45, 7) is 5.05. The first-order valence-electron chi connectivity index (χ1n) is 5.06. The third kappa shape index (κ3) is 3.27. The van der Waals surface area contributed by atoms with Crippen LogP contribution in [0.2, 0.25) is 0 Å². The Kier molecular flexibility index (Phi) is 3.50. The largest absolute Gasteiger partial charge is 0.478 e. The molecule has 0 atom stereocenters. The molecule has 0 unspecified atom stereocenters. The van der Waals surface area contributed by atoms with Crippen LogP contribution < -0.4 is 5.32 Å². The maximum absolute atomic E-state index is 13.4. The van der Waals surface area contributed by atoms with E-state index in [9.17, 15) is 14.0 Å². The molecule has 2 N–H and O–H groups in total. The fourth-order valence-electron chi connectivity index (χ4n) is 1.06. The minimum atomic E-state index is -1.17. The number of aromatic carboxylic acids is 1. The van der Waals surface area contributed by atoms with E-state index in [4.69, 9.17) is 5.11 Å². The molecule has 4 nitrogen and oxygen atoms in total. The standard InChI is InChI=1S/C12H14FNO3/c1-12(2,3)11(17)14-9-6-7(10(15)16)4-5-8(9)13/h4-6H,1-3H3,(H,14,17)(H,15,16). The number of carboxylic acid groups (broad SMARTS) is 1. The Labute approximate surface area is 98.5 Å². The second kappa shape index (κ2) is 4.53. The molecule has 0 aliphatic carbocycles. The van der Waals surface area contributed by atoms with Crippen LogP contribution in [0.5, 0.6) is 0 Å². The first-order valence-corrected chi connectivity index (χ1v) is 5.06. The van der Waals surface area contributed by atoms with Crippen molar-refractivity contribution in [2.24, 2.45) is 5.41 Å². The van der Waals surface area contributed by atoms with Gasteiger partial charge in [-0.1, -0.05) is 20.8 Å². The van der Waals surface area contributed by atoms with E-state index in [1.807, 2.05) is 0 Å². The van der Waals surface area contributed by atoms with Crippen molar-refractivity contribution in [2.75, 3.05) is 5.32 Å². The molecule has 0 saturated heterocycles. The maximum Gasteiger partial charge on any atom is 0.335 e. The lowest BCUT2D eigenvalue weighted by Gasteiger charge is -2.18. The van der Waals surface area contributed by atoms with Gasteiger partial charge in [0.1, 0.15) is 5.82 Å². The SMILES string of the molecule is CC(C)(C)C(=O)Nc1cc(C(=O)O)ccc1F. The van der Waals surface area contributed by atoms with E-state index >= 15 is 0 Å². The molecule has 0 spiro atoms. The van der Waals surface area contributed by atoms with Crippen molar-refractivity contribution in [3.05, 3.63) is 29.6 Å². The number of hydrogen-bond donors (Lipinski definition) is 2. The van der Waals surface area contributed by atoms with Crippen molar-refractivity contribution in [1.29, 1.82) is 0 Å². The number of carbonyl (C=O) groups excluding carboxylic acids is 1. The van der Waals surface area contributed by atoms with Crippen molar-refractivity contribution in [3.63, 3.8) is 0 Å². The summed E-state index contributed by atoms with van der Waals surface area (Å²) >= 11 is 0. The number of carbonyl (C=O) groups is 2. The monoisotopic (exact) mass is 239 g/mol. The highest BCUT2D eigenvalue weighted by atomic mass is 19.1. The Hall–Kier alpha value is -1.91. The highest BCUT2D eigenvalue weighted by Gasteiger charge is 2.22. The first-order chi connectivity index (χ1) is 7.71. The summed E-state index contributed by atoms with van der Waals surface area (Å²) in [5.74, 6) is -2.21. The van der Waals surface area contributed by atoms with Gasteiger partial charge in [-0.05, 0) is 18.2 Å². The van der Waals surface area contributed by atoms with Crippen LogP contribution in [0.3, 0.4) is 0 Å². The molecule has 1 aromatic rings. The van der Waals surface area contributed by atoms with Crippen LogP contribution in [-0.2, 0) is 4.79 Å². The van der Waals surface area contributed by atoms with Crippen molar-refractivity contribution < 1.29 is 19.1 Å². The van der Waals surface area contributed by atoms with E-state index in [2.05, 4.69) is 5.32 Å². The first kappa shape index (κ1) is 13.2. The molecule has 0 aliphatic rings. The third-order valence-electron chi connectivity index (χ3n) is 2.14. The summed E-state index contributed by atoms with van der Waals surface area (Å²) in [5, 5.41) is 11.1. The fourth-order valence-corrected chi connectivity index (χ4v) is 1.06. The molecular weight excluding hydrogens is 225 g/mol. The zero-order valence-electron chi connectivity index (χ0n) is 9.87. The fraction of sp³-hybridized carbons (Fsp3) is 0.333. The maximum atomic E-state index is 13.4. The average Bonchev–Trinajstić information content (AvgIpc) is 2.19. The number of nitrogens with one attached hydrogen (secondary N) is 1. The van der Waals surface area contributed by atoms with E-state index in [1.165, 1.54) is 0 Å². The number of benzene rings is 1. The molecule has 0 heterocycles. The van der Waals surface area contributed by atoms with E-state index in [0.717, 1.165) is 18.2 Å². The number of halogens is 1. The van der Waals surface area contributed by atoms with Gasteiger partial charge in [-0.25, -0.2) is 9.18 Å². The number of rotatable bonds is 2. The summed E-state index contributed by atoms with van der Waals surface area (Å²) in [4.78, 5) is 22.4. The van der Waals surface area contributed by atoms with Gasteiger partial charge in [-0.15, -0.1) is 0 Å². The molecule has 92 valence electrons. The zero-order chi connectivity index (χ0) is 13.2. The van der Waals surface area contributed by atoms with Crippen LogP contribution in [0.1, 0.15) is 31.1 Å². The number of carboxylic acids is 1. The highest BCUT2D eigenvalue weighted by molar-refractivity contribution is 5.96. The molecule has 0 bridgehead atoms. The van der Waals surface area contributed by atoms with Crippen LogP contribution in [0, 0.1) is 11.2 Å². The van der Waals surface area contributed by atoms with Gasteiger partial charge in [0.15, 0.2) is 0 Å². The van der Waals surface area contributed by atoms with Crippen LogP contribution in [-0.4, -0.2) is 17.0 Å². The summed E-state index contributed by atoms with van der Waals surface area (Å²) in [6.07, 6.45) is 0. The van der Waals surface area contributed by atoms with Crippen LogP contribution in [0.15, 0.2) is 18.2 Å². The lowest BCUT2D eigenvalue weighted by atomic mass is 9.95. The van der Waals surface area contributed by atoms with Crippen LogP contribution in [0.25, 0.3) is 0 Å².